The van der Waals surface area contributed by atoms with Crippen molar-refractivity contribution in [1.82, 2.24) is 10.2 Å². The molecule has 1 aromatic heterocycles. The summed E-state index contributed by atoms with van der Waals surface area (Å²) in [5, 5.41) is 7.90. The molecule has 1 fully saturated rings. The van der Waals surface area contributed by atoms with Gasteiger partial charge >= 0.3 is 0 Å². The van der Waals surface area contributed by atoms with E-state index in [9.17, 15) is 4.79 Å². The Morgan fingerprint density at radius 2 is 1.80 bits per heavy atom. The number of nitrogens with zero attached hydrogens (tertiary/aromatic N) is 3. The van der Waals surface area contributed by atoms with Crippen molar-refractivity contribution in [2.24, 2.45) is 0 Å². The summed E-state index contributed by atoms with van der Waals surface area (Å²) in [6, 6.07) is 3.60. The van der Waals surface area contributed by atoms with Gasteiger partial charge in [0.2, 0.25) is 0 Å². The maximum absolute atomic E-state index is 10.4. The molecule has 0 atom stereocenters. The quantitative estimate of drug-likeness (QED) is 0.689. The van der Waals surface area contributed by atoms with E-state index in [1.807, 2.05) is 6.07 Å². The van der Waals surface area contributed by atoms with Crippen LogP contribution in [0.1, 0.15) is 36.2 Å². The van der Waals surface area contributed by atoms with Gasteiger partial charge in [0.25, 0.3) is 0 Å². The van der Waals surface area contributed by atoms with Crippen molar-refractivity contribution >= 4 is 12.1 Å². The van der Waals surface area contributed by atoms with Crippen LogP contribution in [0, 0.1) is 0 Å². The Balaban J connectivity index is 2.09. The molecular weight excluding hydrogens is 190 g/mol. The second-order valence-electron chi connectivity index (χ2n) is 3.84. The molecule has 0 unspecified atom stereocenters. The van der Waals surface area contributed by atoms with Gasteiger partial charge in [-0.15, -0.1) is 10.2 Å². The molecule has 2 rings (SSSR count). The minimum atomic E-state index is 0.397. The highest BCUT2D eigenvalue weighted by Crippen LogP contribution is 2.16. The van der Waals surface area contributed by atoms with Gasteiger partial charge in [-0.05, 0) is 25.0 Å². The summed E-state index contributed by atoms with van der Waals surface area (Å²) in [4.78, 5) is 12.7. The molecule has 80 valence electrons. The van der Waals surface area contributed by atoms with Gasteiger partial charge < -0.3 is 4.90 Å². The highest BCUT2D eigenvalue weighted by atomic mass is 16.1. The Bertz CT molecular complexity index is 315. The highest BCUT2D eigenvalue weighted by molar-refractivity contribution is 5.71. The molecule has 0 aromatic carbocycles. The first-order valence-corrected chi connectivity index (χ1v) is 5.44. The Hall–Kier alpha value is -1.45. The van der Waals surface area contributed by atoms with Crippen molar-refractivity contribution in [3.05, 3.63) is 17.8 Å². The minimum absolute atomic E-state index is 0.397. The van der Waals surface area contributed by atoms with Gasteiger partial charge in [0, 0.05) is 13.1 Å². The highest BCUT2D eigenvalue weighted by Gasteiger charge is 2.10. The van der Waals surface area contributed by atoms with Crippen LogP contribution in [0.5, 0.6) is 0 Å². The summed E-state index contributed by atoms with van der Waals surface area (Å²) in [7, 11) is 0. The number of aldehydes is 1. The first kappa shape index (κ1) is 10.1. The summed E-state index contributed by atoms with van der Waals surface area (Å²) in [5.74, 6) is 0.891. The van der Waals surface area contributed by atoms with E-state index in [4.69, 9.17) is 0 Å². The maximum atomic E-state index is 10.4. The second kappa shape index (κ2) is 4.87. The van der Waals surface area contributed by atoms with Crippen LogP contribution < -0.4 is 4.90 Å². The zero-order chi connectivity index (χ0) is 10.5. The average Bonchev–Trinajstić information content (AvgIpc) is 2.58. The van der Waals surface area contributed by atoms with Crippen LogP contribution in [0.2, 0.25) is 0 Å². The molecule has 1 aromatic rings. The molecule has 0 bridgehead atoms. The van der Waals surface area contributed by atoms with E-state index in [0.29, 0.717) is 5.69 Å². The molecule has 0 N–H and O–H groups in total. The van der Waals surface area contributed by atoms with Crippen LogP contribution in [0.25, 0.3) is 0 Å². The largest absolute Gasteiger partial charge is 0.355 e. The molecule has 1 aliphatic heterocycles. The van der Waals surface area contributed by atoms with Crippen LogP contribution in [0.3, 0.4) is 0 Å². The van der Waals surface area contributed by atoms with Crippen LogP contribution in [-0.4, -0.2) is 29.6 Å². The third kappa shape index (κ3) is 2.52. The van der Waals surface area contributed by atoms with E-state index in [0.717, 1.165) is 25.2 Å². The third-order valence-corrected chi connectivity index (χ3v) is 2.72. The lowest BCUT2D eigenvalue weighted by molar-refractivity contribution is 0.111. The van der Waals surface area contributed by atoms with Crippen LogP contribution >= 0.6 is 0 Å². The summed E-state index contributed by atoms with van der Waals surface area (Å²) >= 11 is 0. The number of hydrogen-bond acceptors (Lipinski definition) is 4. The average molecular weight is 205 g/mol. The van der Waals surface area contributed by atoms with E-state index >= 15 is 0 Å². The maximum Gasteiger partial charge on any atom is 0.170 e. The Morgan fingerprint density at radius 1 is 1.07 bits per heavy atom. The lowest BCUT2D eigenvalue weighted by Gasteiger charge is -2.20. The monoisotopic (exact) mass is 205 g/mol. The molecular formula is C11H15N3O. The predicted octanol–water partition coefficient (Wildman–Crippen LogP) is 1.67. The normalized spacial score (nSPS) is 17.2. The van der Waals surface area contributed by atoms with Crippen molar-refractivity contribution < 1.29 is 4.79 Å². The molecule has 1 aliphatic rings. The zero-order valence-electron chi connectivity index (χ0n) is 8.72. The van der Waals surface area contributed by atoms with Gasteiger partial charge in [-0.2, -0.15) is 0 Å². The summed E-state index contributed by atoms with van der Waals surface area (Å²) in [5.41, 5.74) is 0.397. The van der Waals surface area contributed by atoms with Gasteiger partial charge in [0.15, 0.2) is 12.1 Å². The number of anilines is 1. The van der Waals surface area contributed by atoms with E-state index in [1.165, 1.54) is 25.7 Å². The van der Waals surface area contributed by atoms with Crippen molar-refractivity contribution in [3.8, 4) is 0 Å². The van der Waals surface area contributed by atoms with E-state index in [1.54, 1.807) is 6.07 Å². The van der Waals surface area contributed by atoms with Crippen LogP contribution in [-0.2, 0) is 0 Å². The fraction of sp³-hybridized carbons (Fsp3) is 0.545. The molecule has 4 heteroatoms. The SMILES string of the molecule is O=Cc1ccc(N2CCCCCC2)nn1. The molecule has 0 radical (unpaired) electrons. The minimum Gasteiger partial charge on any atom is -0.355 e. The molecule has 4 nitrogen and oxygen atoms in total. The molecule has 15 heavy (non-hydrogen) atoms. The van der Waals surface area contributed by atoms with Gasteiger partial charge in [-0.3, -0.25) is 4.79 Å². The van der Waals surface area contributed by atoms with Crippen LogP contribution in [0.4, 0.5) is 5.82 Å². The number of carbonyl (C=O) groups is 1. The lowest BCUT2D eigenvalue weighted by atomic mass is 10.2. The zero-order valence-corrected chi connectivity index (χ0v) is 8.72. The molecule has 1 saturated heterocycles. The topological polar surface area (TPSA) is 46.1 Å². The van der Waals surface area contributed by atoms with Gasteiger partial charge in [0.1, 0.15) is 5.69 Å². The predicted molar refractivity (Wildman–Crippen MR) is 58.1 cm³/mol. The fourth-order valence-electron chi connectivity index (χ4n) is 1.87. The van der Waals surface area contributed by atoms with Crippen molar-refractivity contribution in [2.45, 2.75) is 25.7 Å². The standard InChI is InChI=1S/C11H15N3O/c15-9-10-5-6-11(13-12-10)14-7-3-1-2-4-8-14/h5-6,9H,1-4,7-8H2. The van der Waals surface area contributed by atoms with Gasteiger partial charge in [0.05, 0.1) is 0 Å². The third-order valence-electron chi connectivity index (χ3n) is 2.72. The van der Waals surface area contributed by atoms with E-state index in [-0.39, 0.29) is 0 Å². The van der Waals surface area contributed by atoms with Gasteiger partial charge in [-0.25, -0.2) is 0 Å². The molecule has 0 amide bonds. The summed E-state index contributed by atoms with van der Waals surface area (Å²) < 4.78 is 0. The number of rotatable bonds is 2. The van der Waals surface area contributed by atoms with Gasteiger partial charge in [-0.1, -0.05) is 12.8 Å². The summed E-state index contributed by atoms with van der Waals surface area (Å²) in [6.07, 6.45) is 5.76. The Morgan fingerprint density at radius 3 is 2.33 bits per heavy atom. The molecule has 0 aliphatic carbocycles. The number of hydrogen-bond donors (Lipinski definition) is 0. The van der Waals surface area contributed by atoms with E-state index < -0.39 is 0 Å². The van der Waals surface area contributed by atoms with E-state index in [2.05, 4.69) is 15.1 Å². The first-order chi connectivity index (χ1) is 7.40. The molecule has 2 heterocycles. The summed E-state index contributed by atoms with van der Waals surface area (Å²) in [6.45, 7) is 2.10. The first-order valence-electron chi connectivity index (χ1n) is 5.44. The molecule has 0 saturated carbocycles. The Kier molecular flexibility index (Phi) is 3.27. The Labute approximate surface area is 89.3 Å². The fourth-order valence-corrected chi connectivity index (χ4v) is 1.87. The second-order valence-corrected chi connectivity index (χ2v) is 3.84. The smallest absolute Gasteiger partial charge is 0.170 e. The lowest BCUT2D eigenvalue weighted by Crippen LogP contribution is -2.25. The van der Waals surface area contributed by atoms with Crippen molar-refractivity contribution in [2.75, 3.05) is 18.0 Å². The molecule has 0 spiro atoms. The van der Waals surface area contributed by atoms with Crippen molar-refractivity contribution in [1.29, 1.82) is 0 Å². The number of aromatic nitrogens is 2. The number of carbonyl (C=O) groups excluding carboxylic acids is 1. The van der Waals surface area contributed by atoms with Crippen LogP contribution in [0.15, 0.2) is 12.1 Å². The van der Waals surface area contributed by atoms with Crippen molar-refractivity contribution in [3.63, 3.8) is 0 Å².